The second-order valence-electron chi connectivity index (χ2n) is 3.57. The number of nitriles is 2. The van der Waals surface area contributed by atoms with Crippen LogP contribution in [-0.2, 0) is 9.53 Å². The quantitative estimate of drug-likeness (QED) is 0.638. The van der Waals surface area contributed by atoms with Gasteiger partial charge in [-0.3, -0.25) is 4.79 Å². The molecule has 2 N–H and O–H groups in total. The normalized spacial score (nSPS) is 23.4. The van der Waals surface area contributed by atoms with Crippen molar-refractivity contribution in [3.05, 3.63) is 0 Å². The van der Waals surface area contributed by atoms with E-state index in [1.54, 1.807) is 0 Å². The average molecular weight is 222 g/mol. The molecule has 86 valence electrons. The second kappa shape index (κ2) is 6.06. The van der Waals surface area contributed by atoms with E-state index in [1.807, 2.05) is 12.1 Å². The highest BCUT2D eigenvalue weighted by Gasteiger charge is 2.32. The summed E-state index contributed by atoms with van der Waals surface area (Å²) in [7, 11) is 0. The van der Waals surface area contributed by atoms with Crippen LogP contribution < -0.4 is 5.73 Å². The van der Waals surface area contributed by atoms with E-state index in [0.29, 0.717) is 13.0 Å². The molecular weight excluding hydrogens is 208 g/mol. The molecule has 0 radical (unpaired) electrons. The van der Waals surface area contributed by atoms with Crippen LogP contribution in [0.3, 0.4) is 0 Å². The molecule has 2 atom stereocenters. The zero-order chi connectivity index (χ0) is 12.0. The van der Waals surface area contributed by atoms with Gasteiger partial charge in [0.2, 0.25) is 0 Å². The summed E-state index contributed by atoms with van der Waals surface area (Å²) >= 11 is 0. The molecular formula is C10H14N4O2. The molecule has 1 saturated heterocycles. The van der Waals surface area contributed by atoms with Gasteiger partial charge < -0.3 is 15.4 Å². The highest BCUT2D eigenvalue weighted by Crippen LogP contribution is 2.20. The van der Waals surface area contributed by atoms with Crippen molar-refractivity contribution in [1.82, 2.24) is 4.90 Å². The first-order chi connectivity index (χ1) is 7.72. The molecule has 0 bridgehead atoms. The van der Waals surface area contributed by atoms with Crippen molar-refractivity contribution >= 4 is 5.91 Å². The molecule has 0 saturated carbocycles. The fourth-order valence-corrected chi connectivity index (χ4v) is 1.65. The average Bonchev–Trinajstić information content (AvgIpc) is 2.76. The number of nitrogens with two attached hydrogens (primary N) is 1. The Kier molecular flexibility index (Phi) is 4.71. The van der Waals surface area contributed by atoms with Crippen molar-refractivity contribution in [2.24, 2.45) is 5.73 Å². The van der Waals surface area contributed by atoms with Crippen LogP contribution >= 0.6 is 0 Å². The van der Waals surface area contributed by atoms with Crippen molar-refractivity contribution in [2.75, 3.05) is 19.6 Å². The summed E-state index contributed by atoms with van der Waals surface area (Å²) < 4.78 is 5.41. The third-order valence-electron chi connectivity index (χ3n) is 2.48. The zero-order valence-corrected chi connectivity index (χ0v) is 8.93. The van der Waals surface area contributed by atoms with Crippen LogP contribution in [0.15, 0.2) is 0 Å². The van der Waals surface area contributed by atoms with Crippen molar-refractivity contribution in [2.45, 2.75) is 25.0 Å². The molecule has 0 aromatic heterocycles. The van der Waals surface area contributed by atoms with Crippen LogP contribution in [-0.4, -0.2) is 42.6 Å². The molecule has 0 aliphatic carbocycles. The van der Waals surface area contributed by atoms with E-state index in [-0.39, 0.29) is 25.1 Å². The van der Waals surface area contributed by atoms with Crippen molar-refractivity contribution in [3.8, 4) is 12.1 Å². The number of hydrogen-bond donors (Lipinski definition) is 1. The summed E-state index contributed by atoms with van der Waals surface area (Å²) in [6.07, 6.45) is 0.726. The Morgan fingerprint density at radius 1 is 1.38 bits per heavy atom. The lowest BCUT2D eigenvalue weighted by atomic mass is 10.2. The first-order valence-electron chi connectivity index (χ1n) is 5.11. The molecule has 2 unspecified atom stereocenters. The molecule has 1 aliphatic rings. The summed E-state index contributed by atoms with van der Waals surface area (Å²) in [6.45, 7) is 0.222. The molecule has 16 heavy (non-hydrogen) atoms. The van der Waals surface area contributed by atoms with Gasteiger partial charge in [0.05, 0.1) is 18.2 Å². The van der Waals surface area contributed by atoms with E-state index >= 15 is 0 Å². The predicted octanol–water partition coefficient (Wildman–Crippen LogP) is -0.632. The Hall–Kier alpha value is -1.63. The Balaban J connectivity index is 2.56. The van der Waals surface area contributed by atoms with Crippen LogP contribution in [0.5, 0.6) is 0 Å². The van der Waals surface area contributed by atoms with Gasteiger partial charge in [0, 0.05) is 6.54 Å². The van der Waals surface area contributed by atoms with Crippen LogP contribution in [0, 0.1) is 22.7 Å². The number of rotatable bonds is 4. The summed E-state index contributed by atoms with van der Waals surface area (Å²) in [5.41, 5.74) is 5.44. The molecule has 1 rings (SSSR count). The fourth-order valence-electron chi connectivity index (χ4n) is 1.65. The SMILES string of the molecule is N#CCN(CC#N)C(=O)C1CCC(CN)O1. The smallest absolute Gasteiger partial charge is 0.253 e. The number of amides is 1. The first kappa shape index (κ1) is 12.4. The minimum atomic E-state index is -0.546. The summed E-state index contributed by atoms with van der Waals surface area (Å²) in [6, 6.07) is 3.71. The lowest BCUT2D eigenvalue weighted by molar-refractivity contribution is -0.141. The number of carbonyl (C=O) groups excluding carboxylic acids is 1. The van der Waals surface area contributed by atoms with E-state index in [1.165, 1.54) is 4.90 Å². The van der Waals surface area contributed by atoms with Gasteiger partial charge in [0.15, 0.2) is 0 Å². The minimum Gasteiger partial charge on any atom is -0.364 e. The van der Waals surface area contributed by atoms with E-state index in [2.05, 4.69) is 0 Å². The molecule has 1 amide bonds. The van der Waals surface area contributed by atoms with Crippen LogP contribution in [0.4, 0.5) is 0 Å². The minimum absolute atomic E-state index is 0.0834. The Labute approximate surface area is 94.2 Å². The summed E-state index contributed by atoms with van der Waals surface area (Å²) in [5, 5.41) is 17.1. The monoisotopic (exact) mass is 222 g/mol. The lowest BCUT2D eigenvalue weighted by Crippen LogP contribution is -2.40. The number of hydrogen-bond acceptors (Lipinski definition) is 5. The Bertz CT molecular complexity index is 315. The van der Waals surface area contributed by atoms with Crippen LogP contribution in [0.2, 0.25) is 0 Å². The Morgan fingerprint density at radius 3 is 2.44 bits per heavy atom. The van der Waals surface area contributed by atoms with Gasteiger partial charge in [0.1, 0.15) is 19.2 Å². The first-order valence-corrected chi connectivity index (χ1v) is 5.11. The highest BCUT2D eigenvalue weighted by molar-refractivity contribution is 5.81. The zero-order valence-electron chi connectivity index (χ0n) is 8.93. The van der Waals surface area contributed by atoms with Crippen molar-refractivity contribution in [1.29, 1.82) is 10.5 Å². The van der Waals surface area contributed by atoms with Crippen molar-refractivity contribution < 1.29 is 9.53 Å². The molecule has 1 aliphatic heterocycles. The van der Waals surface area contributed by atoms with E-state index < -0.39 is 6.10 Å². The van der Waals surface area contributed by atoms with Gasteiger partial charge >= 0.3 is 0 Å². The fraction of sp³-hybridized carbons (Fsp3) is 0.700. The number of nitrogens with zero attached hydrogens (tertiary/aromatic N) is 3. The van der Waals surface area contributed by atoms with E-state index in [0.717, 1.165) is 6.42 Å². The third-order valence-corrected chi connectivity index (χ3v) is 2.48. The van der Waals surface area contributed by atoms with Gasteiger partial charge in [0.25, 0.3) is 5.91 Å². The molecule has 0 aromatic rings. The van der Waals surface area contributed by atoms with Gasteiger partial charge in [-0.05, 0) is 12.8 Å². The molecule has 1 heterocycles. The maximum atomic E-state index is 11.8. The molecule has 6 nitrogen and oxygen atoms in total. The van der Waals surface area contributed by atoms with Gasteiger partial charge in [-0.2, -0.15) is 10.5 Å². The molecule has 0 spiro atoms. The second-order valence-corrected chi connectivity index (χ2v) is 3.57. The summed E-state index contributed by atoms with van der Waals surface area (Å²) in [5.74, 6) is -0.293. The van der Waals surface area contributed by atoms with Gasteiger partial charge in [-0.15, -0.1) is 0 Å². The molecule has 6 heteroatoms. The largest absolute Gasteiger partial charge is 0.364 e. The van der Waals surface area contributed by atoms with Crippen LogP contribution in [0.25, 0.3) is 0 Å². The molecule has 1 fully saturated rings. The summed E-state index contributed by atoms with van der Waals surface area (Å²) in [4.78, 5) is 13.0. The van der Waals surface area contributed by atoms with Crippen molar-refractivity contribution in [3.63, 3.8) is 0 Å². The van der Waals surface area contributed by atoms with Gasteiger partial charge in [-0.1, -0.05) is 0 Å². The molecule has 0 aromatic carbocycles. The topological polar surface area (TPSA) is 103 Å². The van der Waals surface area contributed by atoms with E-state index in [4.69, 9.17) is 21.0 Å². The standard InChI is InChI=1S/C10H14N4O2/c11-3-5-14(6-4-12)10(15)9-2-1-8(7-13)16-9/h8-9H,1-2,5-7,13H2. The third kappa shape index (κ3) is 2.93. The maximum Gasteiger partial charge on any atom is 0.253 e. The Morgan fingerprint density at radius 2 is 2.00 bits per heavy atom. The lowest BCUT2D eigenvalue weighted by Gasteiger charge is -2.20. The predicted molar refractivity (Wildman–Crippen MR) is 54.8 cm³/mol. The number of carbonyl (C=O) groups is 1. The van der Waals surface area contributed by atoms with Gasteiger partial charge in [-0.25, -0.2) is 0 Å². The van der Waals surface area contributed by atoms with E-state index in [9.17, 15) is 4.79 Å². The number of ether oxygens (including phenoxy) is 1. The van der Waals surface area contributed by atoms with Crippen LogP contribution in [0.1, 0.15) is 12.8 Å². The maximum absolute atomic E-state index is 11.8. The highest BCUT2D eigenvalue weighted by atomic mass is 16.5.